The molecular formula is C18H17FN2O2S2. The summed E-state index contributed by atoms with van der Waals surface area (Å²) in [5, 5.41) is 0.834. The van der Waals surface area contributed by atoms with Gasteiger partial charge in [-0.15, -0.1) is 0 Å². The highest BCUT2D eigenvalue weighted by molar-refractivity contribution is 8.13. The number of anilines is 1. The Kier molecular flexibility index (Phi) is 4.29. The summed E-state index contributed by atoms with van der Waals surface area (Å²) in [7, 11) is -3.04. The number of halogens is 1. The predicted octanol–water partition coefficient (Wildman–Crippen LogP) is 3.10. The third kappa shape index (κ3) is 3.43. The normalized spacial score (nSPS) is 24.2. The Balaban J connectivity index is 1.59. The SMILES string of the molecule is O=S1(=O)C[C@@H]2N=C(SCc3ccc(F)cc3)N(c3ccccc3)[C@H]2C1. The second kappa shape index (κ2) is 6.46. The summed E-state index contributed by atoms with van der Waals surface area (Å²) >= 11 is 1.56. The first kappa shape index (κ1) is 16.6. The fourth-order valence-electron chi connectivity index (χ4n) is 3.25. The molecular weight excluding hydrogens is 359 g/mol. The van der Waals surface area contributed by atoms with Crippen LogP contribution in [-0.2, 0) is 15.6 Å². The maximum Gasteiger partial charge on any atom is 0.164 e. The summed E-state index contributed by atoms with van der Waals surface area (Å²) in [6, 6.07) is 15.8. The summed E-state index contributed by atoms with van der Waals surface area (Å²) in [6.07, 6.45) is 0. The van der Waals surface area contributed by atoms with E-state index < -0.39 is 9.84 Å². The first-order valence-electron chi connectivity index (χ1n) is 8.02. The number of thioether (sulfide) groups is 1. The van der Waals surface area contributed by atoms with E-state index in [-0.39, 0.29) is 29.4 Å². The van der Waals surface area contributed by atoms with Crippen LogP contribution in [0.15, 0.2) is 59.6 Å². The van der Waals surface area contributed by atoms with Gasteiger partial charge < -0.3 is 4.90 Å². The number of aliphatic imine (C=N–C) groups is 1. The van der Waals surface area contributed by atoms with Gasteiger partial charge in [-0.3, -0.25) is 4.99 Å². The number of benzene rings is 2. The molecule has 2 aromatic carbocycles. The van der Waals surface area contributed by atoms with Crippen LogP contribution in [0, 0.1) is 5.82 Å². The molecule has 0 aromatic heterocycles. The molecule has 0 amide bonds. The Morgan fingerprint density at radius 3 is 2.52 bits per heavy atom. The van der Waals surface area contributed by atoms with Gasteiger partial charge in [0.05, 0.1) is 23.6 Å². The maximum absolute atomic E-state index is 13.0. The number of hydrogen-bond donors (Lipinski definition) is 0. The van der Waals surface area contributed by atoms with Crippen LogP contribution in [0.2, 0.25) is 0 Å². The summed E-state index contributed by atoms with van der Waals surface area (Å²) < 4.78 is 37.0. The van der Waals surface area contributed by atoms with Crippen molar-refractivity contribution < 1.29 is 12.8 Å². The van der Waals surface area contributed by atoms with Gasteiger partial charge in [-0.1, -0.05) is 42.1 Å². The van der Waals surface area contributed by atoms with Gasteiger partial charge >= 0.3 is 0 Å². The van der Waals surface area contributed by atoms with Gasteiger partial charge in [-0.25, -0.2) is 12.8 Å². The monoisotopic (exact) mass is 376 g/mol. The number of fused-ring (bicyclic) bond motifs is 1. The highest BCUT2D eigenvalue weighted by Gasteiger charge is 2.47. The van der Waals surface area contributed by atoms with Crippen LogP contribution in [-0.4, -0.2) is 37.2 Å². The topological polar surface area (TPSA) is 49.7 Å². The minimum Gasteiger partial charge on any atom is -0.315 e. The van der Waals surface area contributed by atoms with Crippen LogP contribution in [0.25, 0.3) is 0 Å². The molecule has 7 heteroatoms. The zero-order valence-electron chi connectivity index (χ0n) is 13.4. The van der Waals surface area contributed by atoms with Gasteiger partial charge in [-0.05, 0) is 29.8 Å². The molecule has 25 heavy (non-hydrogen) atoms. The van der Waals surface area contributed by atoms with E-state index in [1.54, 1.807) is 23.9 Å². The number of para-hydroxylation sites is 1. The lowest BCUT2D eigenvalue weighted by atomic mass is 10.1. The first-order chi connectivity index (χ1) is 12.0. The van der Waals surface area contributed by atoms with Crippen LogP contribution in [0.5, 0.6) is 0 Å². The number of rotatable bonds is 3. The molecule has 2 aromatic rings. The average molecular weight is 376 g/mol. The second-order valence-electron chi connectivity index (χ2n) is 6.24. The van der Waals surface area contributed by atoms with Crippen molar-refractivity contribution in [2.24, 2.45) is 4.99 Å². The summed E-state index contributed by atoms with van der Waals surface area (Å²) in [4.78, 5) is 6.73. The number of amidine groups is 1. The second-order valence-corrected chi connectivity index (χ2v) is 9.34. The molecule has 0 aliphatic carbocycles. The lowest BCUT2D eigenvalue weighted by Crippen LogP contribution is -2.39. The molecule has 2 atom stereocenters. The fourth-order valence-corrected chi connectivity index (χ4v) is 6.17. The van der Waals surface area contributed by atoms with Crippen molar-refractivity contribution in [1.82, 2.24) is 0 Å². The third-order valence-electron chi connectivity index (χ3n) is 4.42. The third-order valence-corrected chi connectivity index (χ3v) is 7.16. The number of nitrogens with zero attached hydrogens (tertiary/aromatic N) is 2. The van der Waals surface area contributed by atoms with Crippen molar-refractivity contribution in [3.63, 3.8) is 0 Å². The zero-order valence-corrected chi connectivity index (χ0v) is 15.0. The van der Waals surface area contributed by atoms with Gasteiger partial charge in [0.25, 0.3) is 0 Å². The first-order valence-corrected chi connectivity index (χ1v) is 10.8. The molecule has 4 nitrogen and oxygen atoms in total. The summed E-state index contributed by atoms with van der Waals surface area (Å²) in [6.45, 7) is 0. The quantitative estimate of drug-likeness (QED) is 0.826. The smallest absolute Gasteiger partial charge is 0.164 e. The molecule has 0 spiro atoms. The van der Waals surface area contributed by atoms with Crippen molar-refractivity contribution >= 4 is 32.5 Å². The highest BCUT2D eigenvalue weighted by Crippen LogP contribution is 2.35. The van der Waals surface area contributed by atoms with Crippen molar-refractivity contribution in [3.05, 3.63) is 66.0 Å². The van der Waals surface area contributed by atoms with E-state index in [1.807, 2.05) is 35.2 Å². The Morgan fingerprint density at radius 2 is 1.80 bits per heavy atom. The minimum atomic E-state index is -3.04. The number of hydrogen-bond acceptors (Lipinski definition) is 5. The maximum atomic E-state index is 13.0. The fraction of sp³-hybridized carbons (Fsp3) is 0.278. The van der Waals surface area contributed by atoms with E-state index in [2.05, 4.69) is 4.99 Å². The Labute approximate surface area is 150 Å². The van der Waals surface area contributed by atoms with E-state index in [9.17, 15) is 12.8 Å². The average Bonchev–Trinajstić information content (AvgIpc) is 3.06. The molecule has 0 unspecified atom stereocenters. The molecule has 0 N–H and O–H groups in total. The van der Waals surface area contributed by atoms with E-state index in [1.165, 1.54) is 12.1 Å². The van der Waals surface area contributed by atoms with E-state index >= 15 is 0 Å². The Hall–Kier alpha value is -1.86. The van der Waals surface area contributed by atoms with Gasteiger partial charge in [-0.2, -0.15) is 0 Å². The molecule has 4 rings (SSSR count). The molecule has 2 heterocycles. The Morgan fingerprint density at radius 1 is 1.08 bits per heavy atom. The van der Waals surface area contributed by atoms with Crippen molar-refractivity contribution in [2.45, 2.75) is 17.8 Å². The van der Waals surface area contributed by atoms with Gasteiger partial charge in [0.2, 0.25) is 0 Å². The molecule has 1 fully saturated rings. The Bertz CT molecular complexity index is 898. The van der Waals surface area contributed by atoms with Crippen molar-refractivity contribution in [2.75, 3.05) is 16.4 Å². The zero-order chi connectivity index (χ0) is 17.4. The number of sulfone groups is 1. The summed E-state index contributed by atoms with van der Waals surface area (Å²) in [5.74, 6) is 0.657. The lowest BCUT2D eigenvalue weighted by Gasteiger charge is -2.26. The molecule has 0 bridgehead atoms. The van der Waals surface area contributed by atoms with Crippen molar-refractivity contribution in [3.8, 4) is 0 Å². The standard InChI is InChI=1S/C18H17FN2O2S2/c19-14-8-6-13(7-9-14)10-24-18-20-16-11-25(22,23)12-17(16)21(18)15-4-2-1-3-5-15/h1-9,16-17H,10-12H2/t16-,17-/m0/s1. The molecule has 0 radical (unpaired) electrons. The van der Waals surface area contributed by atoms with Crippen LogP contribution >= 0.6 is 11.8 Å². The lowest BCUT2D eigenvalue weighted by molar-refractivity contribution is 0.601. The molecule has 1 saturated heterocycles. The van der Waals surface area contributed by atoms with Crippen LogP contribution < -0.4 is 4.90 Å². The van der Waals surface area contributed by atoms with Gasteiger partial charge in [0.1, 0.15) is 5.82 Å². The highest BCUT2D eigenvalue weighted by atomic mass is 32.2. The van der Waals surface area contributed by atoms with E-state index in [0.29, 0.717) is 5.75 Å². The molecule has 0 saturated carbocycles. The molecule has 130 valence electrons. The molecule has 2 aliphatic rings. The van der Waals surface area contributed by atoms with Gasteiger partial charge in [0, 0.05) is 11.4 Å². The molecule has 2 aliphatic heterocycles. The summed E-state index contributed by atoms with van der Waals surface area (Å²) in [5.41, 5.74) is 1.96. The minimum absolute atomic E-state index is 0.113. The predicted molar refractivity (Wildman–Crippen MR) is 100 cm³/mol. The van der Waals surface area contributed by atoms with Crippen LogP contribution in [0.3, 0.4) is 0 Å². The van der Waals surface area contributed by atoms with Crippen molar-refractivity contribution in [1.29, 1.82) is 0 Å². The van der Waals surface area contributed by atoms with Gasteiger partial charge in [0.15, 0.2) is 15.0 Å². The van der Waals surface area contributed by atoms with Crippen LogP contribution in [0.1, 0.15) is 5.56 Å². The van der Waals surface area contributed by atoms with Crippen LogP contribution in [0.4, 0.5) is 10.1 Å². The largest absolute Gasteiger partial charge is 0.315 e. The van der Waals surface area contributed by atoms with E-state index in [4.69, 9.17) is 0 Å². The van der Waals surface area contributed by atoms with E-state index in [0.717, 1.165) is 16.4 Å².